The molecule has 0 fully saturated rings. The fourth-order valence-electron chi connectivity index (χ4n) is 2.17. The number of para-hydroxylation sites is 1. The van der Waals surface area contributed by atoms with E-state index in [4.69, 9.17) is 11.6 Å². The molecule has 2 aromatic carbocycles. The summed E-state index contributed by atoms with van der Waals surface area (Å²) in [7, 11) is 0. The lowest BCUT2D eigenvalue weighted by Crippen LogP contribution is -2.31. The van der Waals surface area contributed by atoms with Gasteiger partial charge in [0.15, 0.2) is 0 Å². The van der Waals surface area contributed by atoms with Crippen molar-refractivity contribution in [2.45, 2.75) is 0 Å². The van der Waals surface area contributed by atoms with Gasteiger partial charge in [-0.05, 0) is 36.4 Å². The summed E-state index contributed by atoms with van der Waals surface area (Å²) >= 11 is 5.80. The van der Waals surface area contributed by atoms with Crippen molar-refractivity contribution in [1.29, 1.82) is 0 Å². The van der Waals surface area contributed by atoms with Gasteiger partial charge in [0, 0.05) is 5.02 Å². The molecule has 0 atom stereocenters. The van der Waals surface area contributed by atoms with Gasteiger partial charge in [-0.15, -0.1) is 0 Å². The zero-order valence-electron chi connectivity index (χ0n) is 12.8. The number of aromatic hydroxyl groups is 1. The fourth-order valence-corrected chi connectivity index (χ4v) is 2.29. The highest BCUT2D eigenvalue weighted by Gasteiger charge is 2.13. The van der Waals surface area contributed by atoms with E-state index < -0.39 is 17.1 Å². The summed E-state index contributed by atoms with van der Waals surface area (Å²) in [6.07, 6.45) is 1.14. The first kappa shape index (κ1) is 16.5. The Balaban J connectivity index is 1.96. The largest absolute Gasteiger partial charge is 0.493 e. The number of nitrogens with zero attached hydrogens (tertiary/aromatic N) is 2. The molecular weight excluding hydrogens is 344 g/mol. The number of anilines is 1. The van der Waals surface area contributed by atoms with Crippen LogP contribution in [0.2, 0.25) is 5.02 Å². The highest BCUT2D eigenvalue weighted by molar-refractivity contribution is 6.30. The molecule has 0 bridgehead atoms. The molecule has 0 aliphatic heterocycles. The number of aromatic amines is 1. The number of aromatic nitrogens is 2. The molecule has 0 radical (unpaired) electrons. The van der Waals surface area contributed by atoms with E-state index in [0.717, 1.165) is 10.8 Å². The first-order chi connectivity index (χ1) is 12.1. The Labute approximate surface area is 146 Å². The number of nitrogens with one attached hydrogen (secondary N) is 2. The minimum absolute atomic E-state index is 0.148. The quantitative estimate of drug-likeness (QED) is 0.493. The molecule has 0 aliphatic carbocycles. The van der Waals surface area contributed by atoms with Crippen molar-refractivity contribution in [1.82, 2.24) is 9.55 Å². The maximum Gasteiger partial charge on any atom is 0.335 e. The van der Waals surface area contributed by atoms with Crippen LogP contribution in [0.5, 0.6) is 5.88 Å². The maximum absolute atomic E-state index is 12.0. The number of H-pyrrole nitrogens is 1. The number of halogens is 1. The van der Waals surface area contributed by atoms with Crippen LogP contribution in [-0.4, -0.2) is 20.9 Å². The molecule has 3 rings (SSSR count). The molecule has 0 spiro atoms. The van der Waals surface area contributed by atoms with Crippen molar-refractivity contribution >= 4 is 23.5 Å². The van der Waals surface area contributed by atoms with Gasteiger partial charge in [0.2, 0.25) is 5.88 Å². The molecule has 3 N–H and O–H groups in total. The van der Waals surface area contributed by atoms with Gasteiger partial charge in [-0.3, -0.25) is 15.2 Å². The van der Waals surface area contributed by atoms with Gasteiger partial charge in [0.05, 0.1) is 17.6 Å². The summed E-state index contributed by atoms with van der Waals surface area (Å²) in [5.41, 5.74) is 2.15. The van der Waals surface area contributed by atoms with Crippen molar-refractivity contribution in [2.24, 2.45) is 5.10 Å². The maximum atomic E-state index is 12.0. The lowest BCUT2D eigenvalue weighted by Gasteiger charge is -2.09. The highest BCUT2D eigenvalue weighted by Crippen LogP contribution is 2.15. The van der Waals surface area contributed by atoms with E-state index >= 15 is 0 Å². The molecule has 0 saturated heterocycles. The second-order valence-corrected chi connectivity index (χ2v) is 5.48. The SMILES string of the molecule is O=c1[nH]c(=O)n(-c2ccccc2)c(O)c1/C=N\Nc1ccc(Cl)cc1. The summed E-state index contributed by atoms with van der Waals surface area (Å²) in [6, 6.07) is 15.2. The van der Waals surface area contributed by atoms with Crippen molar-refractivity contribution in [3.8, 4) is 11.6 Å². The number of rotatable bonds is 4. The van der Waals surface area contributed by atoms with Gasteiger partial charge < -0.3 is 5.11 Å². The Morgan fingerprint density at radius 2 is 1.76 bits per heavy atom. The van der Waals surface area contributed by atoms with Crippen LogP contribution in [0.3, 0.4) is 0 Å². The molecule has 0 aliphatic rings. The van der Waals surface area contributed by atoms with E-state index in [1.807, 2.05) is 0 Å². The van der Waals surface area contributed by atoms with Crippen LogP contribution in [0.4, 0.5) is 5.69 Å². The third-order valence-corrected chi connectivity index (χ3v) is 3.62. The van der Waals surface area contributed by atoms with Crippen LogP contribution in [-0.2, 0) is 0 Å². The predicted molar refractivity (Wildman–Crippen MR) is 97.0 cm³/mol. The zero-order valence-corrected chi connectivity index (χ0v) is 13.6. The average Bonchev–Trinajstić information content (AvgIpc) is 2.60. The normalized spacial score (nSPS) is 10.9. The van der Waals surface area contributed by atoms with Gasteiger partial charge in [-0.2, -0.15) is 5.10 Å². The summed E-state index contributed by atoms with van der Waals surface area (Å²) in [5, 5.41) is 14.8. The Kier molecular flexibility index (Phi) is 4.67. The van der Waals surface area contributed by atoms with E-state index in [1.165, 1.54) is 0 Å². The molecule has 1 heterocycles. The molecule has 25 heavy (non-hydrogen) atoms. The molecule has 1 aromatic heterocycles. The first-order valence-electron chi connectivity index (χ1n) is 7.24. The minimum atomic E-state index is -0.740. The van der Waals surface area contributed by atoms with E-state index in [-0.39, 0.29) is 5.56 Å². The van der Waals surface area contributed by atoms with Gasteiger partial charge >= 0.3 is 5.69 Å². The third kappa shape index (κ3) is 3.61. The summed E-state index contributed by atoms with van der Waals surface area (Å²) < 4.78 is 0.991. The molecule has 0 amide bonds. The fraction of sp³-hybridized carbons (Fsp3) is 0. The van der Waals surface area contributed by atoms with Crippen LogP contribution in [0, 0.1) is 0 Å². The Morgan fingerprint density at radius 1 is 1.08 bits per heavy atom. The van der Waals surface area contributed by atoms with Gasteiger partial charge in [0.25, 0.3) is 5.56 Å². The molecule has 126 valence electrons. The highest BCUT2D eigenvalue weighted by atomic mass is 35.5. The molecule has 3 aromatic rings. The summed E-state index contributed by atoms with van der Waals surface area (Å²) in [4.78, 5) is 26.1. The van der Waals surface area contributed by atoms with Gasteiger partial charge in [0.1, 0.15) is 5.56 Å². The van der Waals surface area contributed by atoms with E-state index in [9.17, 15) is 14.7 Å². The molecule has 0 unspecified atom stereocenters. The smallest absolute Gasteiger partial charge is 0.335 e. The molecule has 0 saturated carbocycles. The van der Waals surface area contributed by atoms with Gasteiger partial charge in [-0.1, -0.05) is 29.8 Å². The second kappa shape index (κ2) is 7.06. The number of hydrogen-bond acceptors (Lipinski definition) is 5. The second-order valence-electron chi connectivity index (χ2n) is 5.04. The molecule has 7 nitrogen and oxygen atoms in total. The average molecular weight is 357 g/mol. The van der Waals surface area contributed by atoms with E-state index in [1.54, 1.807) is 54.6 Å². The number of hydrogen-bond donors (Lipinski definition) is 3. The topological polar surface area (TPSA) is 99.5 Å². The Bertz CT molecular complexity index is 1020. The van der Waals surface area contributed by atoms with Crippen molar-refractivity contribution in [3.63, 3.8) is 0 Å². The van der Waals surface area contributed by atoms with Crippen LogP contribution in [0.25, 0.3) is 5.69 Å². The van der Waals surface area contributed by atoms with Crippen molar-refractivity contribution in [2.75, 3.05) is 5.43 Å². The van der Waals surface area contributed by atoms with Crippen LogP contribution < -0.4 is 16.7 Å². The Hall–Kier alpha value is -3.32. The third-order valence-electron chi connectivity index (χ3n) is 3.37. The molecular formula is C17H13ClN4O3. The molecule has 8 heteroatoms. The van der Waals surface area contributed by atoms with Crippen LogP contribution >= 0.6 is 11.6 Å². The summed E-state index contributed by atoms with van der Waals surface area (Å²) in [5.74, 6) is -0.499. The first-order valence-corrected chi connectivity index (χ1v) is 7.62. The lowest BCUT2D eigenvalue weighted by molar-refractivity contribution is 0.430. The Morgan fingerprint density at radius 3 is 2.44 bits per heavy atom. The number of benzene rings is 2. The van der Waals surface area contributed by atoms with Crippen molar-refractivity contribution < 1.29 is 5.11 Å². The lowest BCUT2D eigenvalue weighted by atomic mass is 10.3. The van der Waals surface area contributed by atoms with Gasteiger partial charge in [-0.25, -0.2) is 9.36 Å². The predicted octanol–water partition coefficient (Wildman–Crippen LogP) is 2.33. The van der Waals surface area contributed by atoms with E-state index in [2.05, 4.69) is 15.5 Å². The standard InChI is InChI=1S/C17H13ClN4O3/c18-11-6-8-12(9-7-11)21-19-10-14-15(23)20-17(25)22(16(14)24)13-4-2-1-3-5-13/h1-10,21,24H,(H,20,23,25)/b19-10-. The van der Waals surface area contributed by atoms with Crippen LogP contribution in [0.15, 0.2) is 69.3 Å². The monoisotopic (exact) mass is 356 g/mol. The zero-order chi connectivity index (χ0) is 17.8. The van der Waals surface area contributed by atoms with E-state index in [0.29, 0.717) is 16.4 Å². The van der Waals surface area contributed by atoms with Crippen LogP contribution in [0.1, 0.15) is 5.56 Å². The van der Waals surface area contributed by atoms with Crippen molar-refractivity contribution in [3.05, 3.63) is 86.0 Å². The summed E-state index contributed by atoms with van der Waals surface area (Å²) in [6.45, 7) is 0. The minimum Gasteiger partial charge on any atom is -0.493 e. The number of hydrazone groups is 1.